The van der Waals surface area contributed by atoms with Gasteiger partial charge in [-0.1, -0.05) is 96.8 Å². The first-order chi connectivity index (χ1) is 13.3. The van der Waals surface area contributed by atoms with Crippen molar-refractivity contribution >= 4 is 0 Å². The van der Waals surface area contributed by atoms with Crippen molar-refractivity contribution in [1.82, 2.24) is 4.90 Å². The van der Waals surface area contributed by atoms with Crippen LogP contribution >= 0.6 is 0 Å². The third-order valence-electron chi connectivity index (χ3n) is 4.41. The predicted octanol–water partition coefficient (Wildman–Crippen LogP) is 1.20. The molecule has 0 aromatic heterocycles. The minimum atomic E-state index is -0.508. The largest absolute Gasteiger partial charge is 1.00 e. The summed E-state index contributed by atoms with van der Waals surface area (Å²) in [4.78, 5) is 2.12. The molecule has 0 spiro atoms. The fourth-order valence-corrected chi connectivity index (χ4v) is 3.21. The Morgan fingerprint density at radius 2 is 1.25 bits per heavy atom. The van der Waals surface area contributed by atoms with E-state index >= 15 is 0 Å². The van der Waals surface area contributed by atoms with E-state index in [4.69, 9.17) is 5.26 Å². The van der Waals surface area contributed by atoms with Crippen molar-refractivity contribution in [3.05, 3.63) is 120 Å². The molecule has 0 fully saturated rings. The topological polar surface area (TPSA) is 50.1 Å². The second-order valence-electron chi connectivity index (χ2n) is 6.37. The van der Waals surface area contributed by atoms with Gasteiger partial charge in [0.2, 0.25) is 0 Å². The maximum absolute atomic E-state index is 12.8. The molecule has 4 heteroatoms. The molecule has 0 saturated heterocycles. The van der Waals surface area contributed by atoms with Gasteiger partial charge in [-0.25, -0.2) is 0 Å². The molecule has 0 aliphatic heterocycles. The van der Waals surface area contributed by atoms with Gasteiger partial charge in [0.05, 0.1) is 6.07 Å². The zero-order valence-electron chi connectivity index (χ0n) is 16.0. The molecule has 0 bridgehead atoms. The van der Waals surface area contributed by atoms with Crippen LogP contribution in [0.15, 0.2) is 103 Å². The molecule has 28 heavy (non-hydrogen) atoms. The summed E-state index contributed by atoms with van der Waals surface area (Å²) in [6, 6.07) is 31.2. The van der Waals surface area contributed by atoms with Crippen molar-refractivity contribution in [2.24, 2.45) is 0 Å². The standard InChI is InChI=1S/C24H22N2O.Na/c25-17-16-23(27)24(22-14-8-3-9-15-22)26(18-20-10-4-1-5-11-20)19-21-12-6-2-7-13-21;/h1-16,24,27H,18-19H2;/q;+1/p-1/b23-16-;. The summed E-state index contributed by atoms with van der Waals surface area (Å²) < 4.78 is 0. The molecule has 0 aliphatic rings. The van der Waals surface area contributed by atoms with Gasteiger partial charge in [-0.05, 0) is 16.7 Å². The normalized spacial score (nSPS) is 12.1. The van der Waals surface area contributed by atoms with Crippen molar-refractivity contribution in [2.75, 3.05) is 0 Å². The molecule has 134 valence electrons. The second kappa shape index (κ2) is 11.5. The zero-order chi connectivity index (χ0) is 18.9. The third-order valence-corrected chi connectivity index (χ3v) is 4.41. The Morgan fingerprint density at radius 1 is 0.821 bits per heavy atom. The van der Waals surface area contributed by atoms with Gasteiger partial charge in [-0.15, -0.1) is 0 Å². The van der Waals surface area contributed by atoms with E-state index in [0.717, 1.165) is 22.8 Å². The number of hydrogen-bond acceptors (Lipinski definition) is 3. The van der Waals surface area contributed by atoms with Crippen LogP contribution in [-0.2, 0) is 13.1 Å². The predicted molar refractivity (Wildman–Crippen MR) is 105 cm³/mol. The van der Waals surface area contributed by atoms with Gasteiger partial charge in [0.1, 0.15) is 0 Å². The molecule has 1 unspecified atom stereocenters. The summed E-state index contributed by atoms with van der Waals surface area (Å²) in [7, 11) is 0. The van der Waals surface area contributed by atoms with E-state index in [2.05, 4.69) is 29.2 Å². The maximum Gasteiger partial charge on any atom is 1.00 e. The Labute approximate surface area is 188 Å². The smallest absolute Gasteiger partial charge is 0.874 e. The van der Waals surface area contributed by atoms with Crippen molar-refractivity contribution in [1.29, 1.82) is 5.26 Å². The molecule has 3 aromatic rings. The quantitative estimate of drug-likeness (QED) is 0.354. The number of benzene rings is 3. The van der Waals surface area contributed by atoms with E-state index in [1.807, 2.05) is 72.8 Å². The van der Waals surface area contributed by atoms with Crippen LogP contribution in [-0.4, -0.2) is 4.90 Å². The summed E-state index contributed by atoms with van der Waals surface area (Å²) in [6.07, 6.45) is 1.11. The molecule has 0 amide bonds. The Morgan fingerprint density at radius 3 is 1.68 bits per heavy atom. The van der Waals surface area contributed by atoms with Crippen LogP contribution in [0.25, 0.3) is 0 Å². The first-order valence-electron chi connectivity index (χ1n) is 8.91. The van der Waals surface area contributed by atoms with Gasteiger partial charge in [-0.2, -0.15) is 5.26 Å². The SMILES string of the molecule is N#C/C=C(\[O-])C(c1ccccc1)N(Cc1ccccc1)Cc1ccccc1.[Na+]. The molecule has 0 N–H and O–H groups in total. The minimum absolute atomic E-state index is 0. The molecule has 0 saturated carbocycles. The molecule has 1 atom stereocenters. The van der Waals surface area contributed by atoms with E-state index < -0.39 is 6.04 Å². The van der Waals surface area contributed by atoms with Crippen molar-refractivity contribution in [3.8, 4) is 6.07 Å². The molecule has 0 heterocycles. The van der Waals surface area contributed by atoms with Crippen LogP contribution in [0.5, 0.6) is 0 Å². The van der Waals surface area contributed by atoms with Crippen molar-refractivity contribution < 1.29 is 34.7 Å². The van der Waals surface area contributed by atoms with Crippen LogP contribution in [0.2, 0.25) is 0 Å². The van der Waals surface area contributed by atoms with Gasteiger partial charge >= 0.3 is 29.6 Å². The van der Waals surface area contributed by atoms with E-state index in [1.165, 1.54) is 0 Å². The fourth-order valence-electron chi connectivity index (χ4n) is 3.21. The molecule has 0 radical (unpaired) electrons. The summed E-state index contributed by atoms with van der Waals surface area (Å²) in [6.45, 7) is 1.22. The van der Waals surface area contributed by atoms with E-state index in [0.29, 0.717) is 13.1 Å². The Balaban J connectivity index is 0.00000280. The number of hydrogen-bond donors (Lipinski definition) is 0. The number of nitrogens with zero attached hydrogens (tertiary/aromatic N) is 2. The zero-order valence-corrected chi connectivity index (χ0v) is 18.0. The van der Waals surface area contributed by atoms with Crippen LogP contribution in [0, 0.1) is 11.3 Å². The molecule has 3 nitrogen and oxygen atoms in total. The Bertz CT molecular complexity index is 864. The summed E-state index contributed by atoms with van der Waals surface area (Å²) in [5.74, 6) is -0.199. The second-order valence-corrected chi connectivity index (χ2v) is 6.37. The minimum Gasteiger partial charge on any atom is -0.874 e. The first kappa shape index (κ1) is 21.9. The van der Waals surface area contributed by atoms with Gasteiger partial charge in [0, 0.05) is 25.2 Å². The fraction of sp³-hybridized carbons (Fsp3) is 0.125. The average Bonchev–Trinajstić information content (AvgIpc) is 2.71. The summed E-state index contributed by atoms with van der Waals surface area (Å²) >= 11 is 0. The molecular formula is C24H21N2NaO. The Hall–Kier alpha value is -2.35. The summed E-state index contributed by atoms with van der Waals surface area (Å²) in [5, 5.41) is 21.9. The van der Waals surface area contributed by atoms with Crippen molar-refractivity contribution in [3.63, 3.8) is 0 Å². The van der Waals surface area contributed by atoms with E-state index in [-0.39, 0.29) is 35.3 Å². The first-order valence-corrected chi connectivity index (χ1v) is 8.91. The van der Waals surface area contributed by atoms with E-state index in [1.54, 1.807) is 0 Å². The van der Waals surface area contributed by atoms with Gasteiger partial charge in [0.25, 0.3) is 0 Å². The number of nitriles is 1. The van der Waals surface area contributed by atoms with Crippen LogP contribution in [0.3, 0.4) is 0 Å². The number of rotatable bonds is 7. The monoisotopic (exact) mass is 376 g/mol. The summed E-state index contributed by atoms with van der Waals surface area (Å²) in [5.41, 5.74) is 3.14. The number of allylic oxidation sites excluding steroid dienone is 1. The van der Waals surface area contributed by atoms with E-state index in [9.17, 15) is 5.11 Å². The molecular weight excluding hydrogens is 355 g/mol. The molecule has 3 aromatic carbocycles. The van der Waals surface area contributed by atoms with Crippen LogP contribution in [0.4, 0.5) is 0 Å². The van der Waals surface area contributed by atoms with Gasteiger partial charge in [0.15, 0.2) is 0 Å². The van der Waals surface area contributed by atoms with Crippen LogP contribution < -0.4 is 34.7 Å². The van der Waals surface area contributed by atoms with Crippen molar-refractivity contribution in [2.45, 2.75) is 19.1 Å². The molecule has 0 aliphatic carbocycles. The third kappa shape index (κ3) is 6.09. The average molecular weight is 376 g/mol. The van der Waals surface area contributed by atoms with Crippen LogP contribution in [0.1, 0.15) is 22.7 Å². The van der Waals surface area contributed by atoms with Gasteiger partial charge in [-0.3, -0.25) is 4.90 Å². The maximum atomic E-state index is 12.8. The Kier molecular flexibility index (Phi) is 9.00. The molecule has 3 rings (SSSR count). The van der Waals surface area contributed by atoms with Gasteiger partial charge < -0.3 is 5.11 Å².